The molecule has 1 saturated heterocycles. The van der Waals surface area contributed by atoms with E-state index >= 15 is 4.39 Å². The Morgan fingerprint density at radius 3 is 2.52 bits per heavy atom. The van der Waals surface area contributed by atoms with Crippen LogP contribution in [-0.4, -0.2) is 42.9 Å². The summed E-state index contributed by atoms with van der Waals surface area (Å²) in [7, 11) is 0. The van der Waals surface area contributed by atoms with Crippen molar-refractivity contribution in [3.8, 4) is 11.1 Å². The number of amides is 1. The van der Waals surface area contributed by atoms with Gasteiger partial charge in [0.25, 0.3) is 0 Å². The fraction of sp³-hybridized carbons (Fsp3) is 0.500. The number of carbonyl (C=O) groups is 1. The van der Waals surface area contributed by atoms with Gasteiger partial charge in [0.2, 0.25) is 5.91 Å². The first kappa shape index (κ1) is 25.0. The summed E-state index contributed by atoms with van der Waals surface area (Å²) in [5.74, 6) is -0.725. The molecule has 1 aliphatic heterocycles. The molecule has 180 valence electrons. The smallest absolute Gasteiger partial charge is 0.365 e. The molecule has 0 aliphatic carbocycles. The molecule has 0 unspecified atom stereocenters. The number of alkyl halides is 3. The summed E-state index contributed by atoms with van der Waals surface area (Å²) in [6.07, 6.45) is -6.22. The van der Waals surface area contributed by atoms with Crippen LogP contribution in [-0.2, 0) is 16.1 Å². The second-order valence-electron chi connectivity index (χ2n) is 8.79. The summed E-state index contributed by atoms with van der Waals surface area (Å²) in [6.45, 7) is 6.88. The lowest BCUT2D eigenvalue weighted by Crippen LogP contribution is -2.49. The minimum absolute atomic E-state index is 0.0620. The van der Waals surface area contributed by atoms with Crippen molar-refractivity contribution >= 4 is 11.6 Å². The number of nitrogens with one attached hydrogen (secondary N) is 1. The van der Waals surface area contributed by atoms with E-state index in [-0.39, 0.29) is 42.8 Å². The monoisotopic (exact) mass is 467 g/mol. The van der Waals surface area contributed by atoms with E-state index in [0.717, 1.165) is 17.0 Å². The molecule has 1 atom stereocenters. The normalized spacial score (nSPS) is 16.9. The first-order valence-electron chi connectivity index (χ1n) is 10.9. The highest BCUT2D eigenvalue weighted by Crippen LogP contribution is 2.35. The average molecular weight is 468 g/mol. The van der Waals surface area contributed by atoms with Gasteiger partial charge in [-0.25, -0.2) is 4.39 Å². The van der Waals surface area contributed by atoms with Crippen LogP contribution in [0, 0.1) is 25.6 Å². The van der Waals surface area contributed by atoms with Gasteiger partial charge in [0, 0.05) is 36.5 Å². The maximum Gasteiger partial charge on any atom is 0.416 e. The fourth-order valence-corrected chi connectivity index (χ4v) is 3.98. The lowest BCUT2D eigenvalue weighted by atomic mass is 9.97. The maximum atomic E-state index is 15.8. The third-order valence-corrected chi connectivity index (χ3v) is 5.44. The highest BCUT2D eigenvalue weighted by Gasteiger charge is 2.43. The minimum Gasteiger partial charge on any atom is -0.365 e. The predicted octanol–water partition coefficient (Wildman–Crippen LogP) is 4.93. The van der Waals surface area contributed by atoms with Crippen LogP contribution in [0.2, 0.25) is 0 Å². The number of pyridine rings is 1. The van der Waals surface area contributed by atoms with E-state index in [1.54, 1.807) is 6.07 Å². The zero-order valence-corrected chi connectivity index (χ0v) is 19.2. The summed E-state index contributed by atoms with van der Waals surface area (Å²) < 4.78 is 60.2. The summed E-state index contributed by atoms with van der Waals surface area (Å²) in [6, 6.07) is 6.81. The predicted molar refractivity (Wildman–Crippen MR) is 118 cm³/mol. The van der Waals surface area contributed by atoms with Crippen molar-refractivity contribution in [2.45, 2.75) is 52.9 Å². The van der Waals surface area contributed by atoms with E-state index in [1.807, 2.05) is 39.8 Å². The van der Waals surface area contributed by atoms with Gasteiger partial charge in [-0.15, -0.1) is 0 Å². The van der Waals surface area contributed by atoms with E-state index in [0.29, 0.717) is 12.0 Å². The van der Waals surface area contributed by atoms with Crippen LogP contribution in [0.1, 0.15) is 37.2 Å². The van der Waals surface area contributed by atoms with Gasteiger partial charge in [0.1, 0.15) is 0 Å². The van der Waals surface area contributed by atoms with Gasteiger partial charge in [-0.1, -0.05) is 19.9 Å². The molecule has 0 bridgehead atoms. The quantitative estimate of drug-likeness (QED) is 0.612. The molecule has 1 aliphatic rings. The first-order chi connectivity index (χ1) is 15.5. The summed E-state index contributed by atoms with van der Waals surface area (Å²) >= 11 is 0. The van der Waals surface area contributed by atoms with Crippen molar-refractivity contribution in [3.05, 3.63) is 47.0 Å². The van der Waals surface area contributed by atoms with Crippen molar-refractivity contribution < 1.29 is 27.1 Å². The Balaban J connectivity index is 2.00. The number of benzene rings is 1. The van der Waals surface area contributed by atoms with Gasteiger partial charge in [0.05, 0.1) is 18.8 Å². The molecule has 0 saturated carbocycles. The maximum absolute atomic E-state index is 15.8. The third kappa shape index (κ3) is 6.22. The van der Waals surface area contributed by atoms with Gasteiger partial charge in [-0.05, 0) is 49.1 Å². The number of anilines is 1. The lowest BCUT2D eigenvalue weighted by molar-refractivity contribution is -0.221. The average Bonchev–Trinajstić information content (AvgIpc) is 2.71. The fourth-order valence-electron chi connectivity index (χ4n) is 3.98. The largest absolute Gasteiger partial charge is 0.416 e. The number of rotatable bonds is 6. The second kappa shape index (κ2) is 10.1. The highest BCUT2D eigenvalue weighted by molar-refractivity contribution is 5.77. The van der Waals surface area contributed by atoms with Crippen molar-refractivity contribution in [3.63, 3.8) is 0 Å². The Morgan fingerprint density at radius 1 is 1.24 bits per heavy atom. The Bertz CT molecular complexity index is 988. The molecule has 33 heavy (non-hydrogen) atoms. The molecule has 1 amide bonds. The van der Waals surface area contributed by atoms with Crippen LogP contribution in [0.5, 0.6) is 0 Å². The number of ether oxygens (including phenoxy) is 1. The topological polar surface area (TPSA) is 54.5 Å². The van der Waals surface area contributed by atoms with Crippen molar-refractivity contribution in [1.82, 2.24) is 10.3 Å². The molecule has 0 radical (unpaired) electrons. The number of carbonyl (C=O) groups excluding carboxylic acids is 1. The van der Waals surface area contributed by atoms with Gasteiger partial charge in [-0.2, -0.15) is 13.2 Å². The number of hydrogen-bond donors (Lipinski definition) is 1. The molecule has 0 spiro atoms. The SMILES string of the molecule is Cc1cc(-c2ccc(N3CCO[C@H](C(F)(F)F)C3)c(F)c2CNC(=O)CC(C)C)cc(C)n1. The highest BCUT2D eigenvalue weighted by atomic mass is 19.4. The Kier molecular flexibility index (Phi) is 7.62. The van der Waals surface area contributed by atoms with Gasteiger partial charge in [0.15, 0.2) is 11.9 Å². The van der Waals surface area contributed by atoms with E-state index in [9.17, 15) is 18.0 Å². The summed E-state index contributed by atoms with van der Waals surface area (Å²) in [5, 5.41) is 2.76. The molecule has 1 fully saturated rings. The molecule has 1 aromatic heterocycles. The molecule has 2 aromatic rings. The van der Waals surface area contributed by atoms with E-state index in [1.165, 1.54) is 11.0 Å². The second-order valence-corrected chi connectivity index (χ2v) is 8.79. The van der Waals surface area contributed by atoms with E-state index in [4.69, 9.17) is 4.74 Å². The Morgan fingerprint density at radius 2 is 1.91 bits per heavy atom. The van der Waals surface area contributed by atoms with Crippen molar-refractivity contribution in [2.75, 3.05) is 24.6 Å². The first-order valence-corrected chi connectivity index (χ1v) is 10.9. The molecule has 1 N–H and O–H groups in total. The number of hydrogen-bond acceptors (Lipinski definition) is 4. The summed E-state index contributed by atoms with van der Waals surface area (Å²) in [5.41, 5.74) is 3.09. The van der Waals surface area contributed by atoms with Crippen LogP contribution in [0.25, 0.3) is 11.1 Å². The molecule has 5 nitrogen and oxygen atoms in total. The summed E-state index contributed by atoms with van der Waals surface area (Å²) in [4.78, 5) is 17.9. The number of aromatic nitrogens is 1. The molecule has 3 rings (SSSR count). The van der Waals surface area contributed by atoms with Crippen LogP contribution in [0.4, 0.5) is 23.2 Å². The Hall–Kier alpha value is -2.68. The van der Waals surface area contributed by atoms with Crippen LogP contribution < -0.4 is 10.2 Å². The number of morpholine rings is 1. The number of halogens is 4. The van der Waals surface area contributed by atoms with Crippen LogP contribution in [0.15, 0.2) is 24.3 Å². The van der Waals surface area contributed by atoms with E-state index < -0.39 is 24.6 Å². The minimum atomic E-state index is -4.53. The standard InChI is InChI=1S/C24H29F4N3O2/c1-14(2)9-22(32)29-12-19-18(17-10-15(3)30-16(4)11-17)5-6-20(23(19)25)31-7-8-33-21(13-31)24(26,27)28/h5-6,10-11,14,21H,7-9,12-13H2,1-4H3,(H,29,32)/t21-/m0/s1. The number of aryl methyl sites for hydroxylation is 2. The van der Waals surface area contributed by atoms with E-state index in [2.05, 4.69) is 10.3 Å². The van der Waals surface area contributed by atoms with Gasteiger partial charge < -0.3 is 15.0 Å². The molecule has 1 aromatic carbocycles. The molecule has 2 heterocycles. The van der Waals surface area contributed by atoms with Crippen molar-refractivity contribution in [2.24, 2.45) is 5.92 Å². The van der Waals surface area contributed by atoms with Gasteiger partial charge in [-0.3, -0.25) is 9.78 Å². The zero-order chi connectivity index (χ0) is 24.3. The van der Waals surface area contributed by atoms with Crippen LogP contribution in [0.3, 0.4) is 0 Å². The molecular weight excluding hydrogens is 438 g/mol. The molecule has 9 heteroatoms. The Labute approximate surface area is 191 Å². The molecular formula is C24H29F4N3O2. The lowest BCUT2D eigenvalue weighted by Gasteiger charge is -2.35. The number of nitrogens with zero attached hydrogens (tertiary/aromatic N) is 2. The van der Waals surface area contributed by atoms with Gasteiger partial charge >= 0.3 is 6.18 Å². The zero-order valence-electron chi connectivity index (χ0n) is 19.2. The van der Waals surface area contributed by atoms with Crippen molar-refractivity contribution in [1.29, 1.82) is 0 Å². The third-order valence-electron chi connectivity index (χ3n) is 5.44. The van der Waals surface area contributed by atoms with Crippen LogP contribution >= 0.6 is 0 Å².